The Balaban J connectivity index is 1.81. The summed E-state index contributed by atoms with van der Waals surface area (Å²) in [7, 11) is 5.78. The van der Waals surface area contributed by atoms with Gasteiger partial charge in [0.05, 0.1) is 14.2 Å². The highest BCUT2D eigenvalue weighted by Crippen LogP contribution is 2.35. The summed E-state index contributed by atoms with van der Waals surface area (Å²) in [6.45, 7) is 4.20. The van der Waals surface area contributed by atoms with E-state index in [1.54, 1.807) is 38.6 Å². The molecule has 8 nitrogen and oxygen atoms in total. The largest absolute Gasteiger partial charge is 0.497 e. The first-order chi connectivity index (χ1) is 17.8. The zero-order valence-corrected chi connectivity index (χ0v) is 22.4. The second-order valence-electron chi connectivity index (χ2n) is 8.75. The molecule has 1 heterocycles. The normalized spacial score (nSPS) is 11.7. The van der Waals surface area contributed by atoms with Crippen LogP contribution >= 0.6 is 9.24 Å². The van der Waals surface area contributed by atoms with Gasteiger partial charge in [-0.05, 0) is 36.8 Å². The summed E-state index contributed by atoms with van der Waals surface area (Å²) in [5, 5.41) is 8.02. The number of fused-ring (bicyclic) bond motifs is 1. The third-order valence-electron chi connectivity index (χ3n) is 6.11. The van der Waals surface area contributed by atoms with Gasteiger partial charge in [-0.15, -0.1) is 9.24 Å². The lowest BCUT2D eigenvalue weighted by Crippen LogP contribution is -2.22. The van der Waals surface area contributed by atoms with Crippen LogP contribution in [0.25, 0.3) is 10.9 Å². The van der Waals surface area contributed by atoms with Crippen molar-refractivity contribution in [3.63, 3.8) is 0 Å². The van der Waals surface area contributed by atoms with Gasteiger partial charge in [0.1, 0.15) is 36.4 Å². The summed E-state index contributed by atoms with van der Waals surface area (Å²) in [5.74, 6) is 1.49. The Morgan fingerprint density at radius 3 is 2.57 bits per heavy atom. The van der Waals surface area contributed by atoms with Gasteiger partial charge in [0, 0.05) is 52.1 Å². The zero-order chi connectivity index (χ0) is 26.5. The maximum atomic E-state index is 14.2. The maximum Gasteiger partial charge on any atom is 0.191 e. The average Bonchev–Trinajstić information content (AvgIpc) is 3.31. The molecule has 0 aliphatic heterocycles. The smallest absolute Gasteiger partial charge is 0.191 e. The van der Waals surface area contributed by atoms with E-state index in [9.17, 15) is 9.70 Å². The Morgan fingerprint density at radius 1 is 1.05 bits per heavy atom. The molecular formula is C28H30N3O5P. The minimum absolute atomic E-state index is 0.0268. The van der Waals surface area contributed by atoms with Crippen LogP contribution in [0.5, 0.6) is 17.2 Å². The van der Waals surface area contributed by atoms with Crippen LogP contribution in [-0.4, -0.2) is 38.1 Å². The van der Waals surface area contributed by atoms with Gasteiger partial charge in [-0.2, -0.15) is 4.91 Å². The standard InChI is InChI=1S/C28H30N3O5P/c1-16-9-17(2)26-23(10-16)24(15-29-26)28(32)27(22-6-5-21(37)14-25(22)35-4)31-18-11-19(34-3)13-20(12-18)36-8-7-30-33/h5-6,9-15,27,29,31H,7-8,37H2,1-4H3. The third-order valence-corrected chi connectivity index (χ3v) is 6.46. The summed E-state index contributed by atoms with van der Waals surface area (Å²) in [6.07, 6.45) is 1.76. The number of carbonyl (C=O) groups is 1. The van der Waals surface area contributed by atoms with E-state index >= 15 is 0 Å². The molecule has 2 atom stereocenters. The van der Waals surface area contributed by atoms with E-state index in [-0.39, 0.29) is 18.9 Å². The maximum absolute atomic E-state index is 14.2. The molecule has 4 aromatic rings. The van der Waals surface area contributed by atoms with E-state index in [2.05, 4.69) is 30.8 Å². The molecule has 0 spiro atoms. The minimum atomic E-state index is -0.781. The monoisotopic (exact) mass is 519 g/mol. The third kappa shape index (κ3) is 5.75. The number of ether oxygens (including phenoxy) is 3. The lowest BCUT2D eigenvalue weighted by Gasteiger charge is -2.22. The molecule has 0 amide bonds. The molecule has 3 aromatic carbocycles. The number of aryl methyl sites for hydroxylation is 2. The number of H-pyrrole nitrogens is 1. The highest BCUT2D eigenvalue weighted by atomic mass is 31.0. The quantitative estimate of drug-likeness (QED) is 0.118. The first kappa shape index (κ1) is 26.2. The van der Waals surface area contributed by atoms with Gasteiger partial charge in [0.15, 0.2) is 5.78 Å². The van der Waals surface area contributed by atoms with E-state index in [1.807, 2.05) is 38.1 Å². The van der Waals surface area contributed by atoms with Gasteiger partial charge in [-0.25, -0.2) is 0 Å². The lowest BCUT2D eigenvalue weighted by molar-refractivity contribution is 0.0970. The number of nitrogens with zero attached hydrogens (tertiary/aromatic N) is 1. The Labute approximate surface area is 217 Å². The van der Waals surface area contributed by atoms with Crippen molar-refractivity contribution >= 4 is 36.9 Å². The number of carbonyl (C=O) groups excluding carboxylic acids is 1. The minimum Gasteiger partial charge on any atom is -0.497 e. The van der Waals surface area contributed by atoms with Crippen molar-refractivity contribution in [1.29, 1.82) is 0 Å². The van der Waals surface area contributed by atoms with Gasteiger partial charge < -0.3 is 24.5 Å². The number of aromatic nitrogens is 1. The van der Waals surface area contributed by atoms with Gasteiger partial charge in [-0.1, -0.05) is 28.9 Å². The molecule has 0 aliphatic rings. The predicted octanol–water partition coefficient (Wildman–Crippen LogP) is 5.48. The van der Waals surface area contributed by atoms with E-state index in [1.165, 1.54) is 0 Å². The molecule has 2 N–H and O–H groups in total. The van der Waals surface area contributed by atoms with E-state index in [0.29, 0.717) is 34.1 Å². The van der Waals surface area contributed by atoms with Crippen molar-refractivity contribution in [3.8, 4) is 17.2 Å². The summed E-state index contributed by atoms with van der Waals surface area (Å²) in [4.78, 5) is 27.9. The van der Waals surface area contributed by atoms with E-state index in [0.717, 1.165) is 27.3 Å². The molecule has 1 aromatic heterocycles. The number of rotatable bonds is 11. The number of hydrogen-bond acceptors (Lipinski definition) is 7. The summed E-state index contributed by atoms with van der Waals surface area (Å²) < 4.78 is 16.8. The lowest BCUT2D eigenvalue weighted by atomic mass is 9.94. The van der Waals surface area contributed by atoms with Crippen molar-refractivity contribution in [1.82, 2.24) is 4.98 Å². The van der Waals surface area contributed by atoms with E-state index < -0.39 is 6.04 Å². The molecular weight excluding hydrogens is 489 g/mol. The highest BCUT2D eigenvalue weighted by Gasteiger charge is 2.28. The number of anilines is 1. The van der Waals surface area contributed by atoms with E-state index in [4.69, 9.17) is 14.2 Å². The first-order valence-corrected chi connectivity index (χ1v) is 12.4. The second-order valence-corrected chi connectivity index (χ2v) is 9.41. The van der Waals surface area contributed by atoms with Crippen molar-refractivity contribution in [3.05, 3.63) is 81.9 Å². The summed E-state index contributed by atoms with van der Waals surface area (Å²) >= 11 is 0. The number of methoxy groups -OCH3 is 2. The Morgan fingerprint density at radius 2 is 1.84 bits per heavy atom. The molecule has 0 fully saturated rings. The van der Waals surface area contributed by atoms with Crippen LogP contribution in [-0.2, 0) is 0 Å². The molecule has 4 rings (SSSR count). The topological polar surface area (TPSA) is 102 Å². The Bertz CT molecular complexity index is 1450. The fraction of sp³-hybridized carbons (Fsp3) is 0.250. The average molecular weight is 520 g/mol. The van der Waals surface area contributed by atoms with Gasteiger partial charge >= 0.3 is 0 Å². The Kier molecular flexibility index (Phi) is 8.09. The van der Waals surface area contributed by atoms with Crippen molar-refractivity contribution in [2.75, 3.05) is 32.7 Å². The van der Waals surface area contributed by atoms with Crippen LogP contribution in [0.1, 0.15) is 33.1 Å². The number of ketones is 1. The molecule has 0 aliphatic carbocycles. The van der Waals surface area contributed by atoms with Gasteiger partial charge in [0.2, 0.25) is 0 Å². The van der Waals surface area contributed by atoms with Crippen LogP contribution in [0, 0.1) is 18.8 Å². The SMILES string of the molecule is COc1cc(NC(C(=O)c2c[nH]c3c(C)cc(C)cc23)c2ccc(P)cc2OC)cc(OCCN=O)c1. The molecule has 2 unspecified atom stereocenters. The summed E-state index contributed by atoms with van der Waals surface area (Å²) in [5.41, 5.74) is 4.95. The molecule has 192 valence electrons. The van der Waals surface area contributed by atoms with Crippen LogP contribution < -0.4 is 24.8 Å². The molecule has 37 heavy (non-hydrogen) atoms. The van der Waals surface area contributed by atoms with Crippen molar-refractivity contribution in [2.24, 2.45) is 5.18 Å². The number of aromatic amines is 1. The number of hydrogen-bond donors (Lipinski definition) is 2. The number of Topliss-reactive ketones (excluding diaryl/α,β-unsaturated/α-hetero) is 1. The molecule has 0 radical (unpaired) electrons. The van der Waals surface area contributed by atoms with Crippen molar-refractivity contribution < 1.29 is 19.0 Å². The second kappa shape index (κ2) is 11.4. The number of nitroso groups, excluding NO2 is 1. The highest BCUT2D eigenvalue weighted by molar-refractivity contribution is 7.27. The Hall–Kier alpha value is -3.90. The van der Waals surface area contributed by atoms with Gasteiger partial charge in [-0.3, -0.25) is 4.79 Å². The predicted molar refractivity (Wildman–Crippen MR) is 150 cm³/mol. The van der Waals surface area contributed by atoms with Crippen LogP contribution in [0.4, 0.5) is 5.69 Å². The van der Waals surface area contributed by atoms with Crippen LogP contribution in [0.15, 0.2) is 59.9 Å². The molecule has 0 bridgehead atoms. The van der Waals surface area contributed by atoms with Crippen molar-refractivity contribution in [2.45, 2.75) is 19.9 Å². The van der Waals surface area contributed by atoms with Gasteiger partial charge in [0.25, 0.3) is 0 Å². The fourth-order valence-corrected chi connectivity index (χ4v) is 4.68. The number of nitrogens with one attached hydrogen (secondary N) is 2. The molecule has 0 saturated heterocycles. The van der Waals surface area contributed by atoms with Crippen LogP contribution in [0.3, 0.4) is 0 Å². The molecule has 9 heteroatoms. The number of benzene rings is 3. The summed E-state index contributed by atoms with van der Waals surface area (Å²) in [6, 6.07) is 14.2. The first-order valence-electron chi connectivity index (χ1n) is 11.8. The zero-order valence-electron chi connectivity index (χ0n) is 21.3. The fourth-order valence-electron chi connectivity index (χ4n) is 4.43. The molecule has 0 saturated carbocycles. The van der Waals surface area contributed by atoms with Crippen LogP contribution in [0.2, 0.25) is 0 Å².